The Kier molecular flexibility index (Phi) is 5.39. The van der Waals surface area contributed by atoms with Gasteiger partial charge in [0, 0.05) is 32.0 Å². The van der Waals surface area contributed by atoms with Crippen molar-refractivity contribution in [3.8, 4) is 0 Å². The number of nitrogens with zero attached hydrogens (tertiary/aromatic N) is 4. The maximum atomic E-state index is 11.8. The standard InChI is InChI=1S/C14H18N4O3/c1-11-13(14(19)21-10-9-20-2)16-17-18(11)8-6-12-5-3-4-7-15-12/h3-5,7H,6,8-10H2,1-2H3. The Balaban J connectivity index is 1.95. The van der Waals surface area contributed by atoms with Crippen LogP contribution in [0.1, 0.15) is 21.9 Å². The van der Waals surface area contributed by atoms with Crippen LogP contribution in [0.5, 0.6) is 0 Å². The molecule has 0 radical (unpaired) electrons. The van der Waals surface area contributed by atoms with E-state index in [1.54, 1.807) is 24.9 Å². The summed E-state index contributed by atoms with van der Waals surface area (Å²) in [6, 6.07) is 5.76. The summed E-state index contributed by atoms with van der Waals surface area (Å²) in [6.45, 7) is 2.97. The second-order valence-corrected chi connectivity index (χ2v) is 4.45. The van der Waals surface area contributed by atoms with Crippen LogP contribution in [0.2, 0.25) is 0 Å². The third-order valence-corrected chi connectivity index (χ3v) is 3.00. The molecule has 0 aliphatic rings. The highest BCUT2D eigenvalue weighted by Gasteiger charge is 2.17. The van der Waals surface area contributed by atoms with Crippen molar-refractivity contribution in [3.05, 3.63) is 41.5 Å². The lowest BCUT2D eigenvalue weighted by Crippen LogP contribution is -2.12. The first-order valence-electron chi connectivity index (χ1n) is 6.68. The summed E-state index contributed by atoms with van der Waals surface area (Å²) in [5.74, 6) is -0.478. The summed E-state index contributed by atoms with van der Waals surface area (Å²) in [5, 5.41) is 7.87. The van der Waals surface area contributed by atoms with Gasteiger partial charge < -0.3 is 9.47 Å². The molecule has 112 valence electrons. The zero-order chi connectivity index (χ0) is 15.1. The first kappa shape index (κ1) is 15.1. The van der Waals surface area contributed by atoms with Crippen LogP contribution in [0.3, 0.4) is 0 Å². The number of esters is 1. The molecule has 0 aliphatic carbocycles. The van der Waals surface area contributed by atoms with Gasteiger partial charge in [-0.15, -0.1) is 5.10 Å². The Labute approximate surface area is 122 Å². The van der Waals surface area contributed by atoms with E-state index in [2.05, 4.69) is 15.3 Å². The molecule has 2 heterocycles. The van der Waals surface area contributed by atoms with E-state index >= 15 is 0 Å². The first-order valence-corrected chi connectivity index (χ1v) is 6.68. The molecule has 0 bridgehead atoms. The topological polar surface area (TPSA) is 79.1 Å². The van der Waals surface area contributed by atoms with Crippen molar-refractivity contribution in [1.29, 1.82) is 0 Å². The van der Waals surface area contributed by atoms with Crippen LogP contribution in [0.15, 0.2) is 24.4 Å². The Morgan fingerprint density at radius 2 is 2.19 bits per heavy atom. The maximum absolute atomic E-state index is 11.8. The number of aryl methyl sites for hydroxylation is 2. The number of carbonyl (C=O) groups is 1. The highest BCUT2D eigenvalue weighted by atomic mass is 16.6. The molecule has 0 spiro atoms. The smallest absolute Gasteiger partial charge is 0.360 e. The van der Waals surface area contributed by atoms with Crippen molar-refractivity contribution < 1.29 is 14.3 Å². The monoisotopic (exact) mass is 290 g/mol. The van der Waals surface area contributed by atoms with Crippen LogP contribution in [0.25, 0.3) is 0 Å². The Morgan fingerprint density at radius 3 is 2.90 bits per heavy atom. The molecule has 2 rings (SSSR count). The van der Waals surface area contributed by atoms with Gasteiger partial charge in [0.1, 0.15) is 6.61 Å². The van der Waals surface area contributed by atoms with Gasteiger partial charge in [0.2, 0.25) is 0 Å². The van der Waals surface area contributed by atoms with Gasteiger partial charge in [-0.2, -0.15) is 0 Å². The number of rotatable bonds is 7. The lowest BCUT2D eigenvalue weighted by atomic mass is 10.2. The van der Waals surface area contributed by atoms with Gasteiger partial charge in [0.15, 0.2) is 5.69 Å². The summed E-state index contributed by atoms with van der Waals surface area (Å²) in [6.07, 6.45) is 2.48. The van der Waals surface area contributed by atoms with Gasteiger partial charge in [-0.05, 0) is 19.1 Å². The third kappa shape index (κ3) is 4.09. The van der Waals surface area contributed by atoms with Gasteiger partial charge in [-0.3, -0.25) is 4.98 Å². The first-order chi connectivity index (χ1) is 10.2. The zero-order valence-electron chi connectivity index (χ0n) is 12.2. The molecule has 2 aromatic rings. The second kappa shape index (κ2) is 7.49. The second-order valence-electron chi connectivity index (χ2n) is 4.45. The molecule has 0 aliphatic heterocycles. The van der Waals surface area contributed by atoms with Gasteiger partial charge in [0.25, 0.3) is 0 Å². The molecule has 0 fully saturated rings. The lowest BCUT2D eigenvalue weighted by Gasteiger charge is -2.04. The summed E-state index contributed by atoms with van der Waals surface area (Å²) >= 11 is 0. The Hall–Kier alpha value is -2.28. The van der Waals surface area contributed by atoms with E-state index < -0.39 is 5.97 Å². The van der Waals surface area contributed by atoms with Gasteiger partial charge in [-0.1, -0.05) is 11.3 Å². The van der Waals surface area contributed by atoms with Crippen LogP contribution in [0, 0.1) is 6.92 Å². The van der Waals surface area contributed by atoms with E-state index in [4.69, 9.17) is 9.47 Å². The van der Waals surface area contributed by atoms with Crippen LogP contribution >= 0.6 is 0 Å². The van der Waals surface area contributed by atoms with E-state index in [1.165, 1.54) is 0 Å². The van der Waals surface area contributed by atoms with Gasteiger partial charge >= 0.3 is 5.97 Å². The van der Waals surface area contributed by atoms with E-state index in [9.17, 15) is 4.79 Å². The zero-order valence-corrected chi connectivity index (χ0v) is 12.2. The van der Waals surface area contributed by atoms with Gasteiger partial charge in [-0.25, -0.2) is 9.48 Å². The van der Waals surface area contributed by atoms with Crippen molar-refractivity contribution in [2.45, 2.75) is 19.9 Å². The third-order valence-electron chi connectivity index (χ3n) is 3.00. The predicted molar refractivity (Wildman–Crippen MR) is 74.9 cm³/mol. The SMILES string of the molecule is COCCOC(=O)c1nnn(CCc2ccccn2)c1C. The van der Waals surface area contributed by atoms with Crippen molar-refractivity contribution in [1.82, 2.24) is 20.0 Å². The summed E-state index contributed by atoms with van der Waals surface area (Å²) in [4.78, 5) is 16.1. The maximum Gasteiger partial charge on any atom is 0.360 e. The number of methoxy groups -OCH3 is 1. The molecule has 0 unspecified atom stereocenters. The van der Waals surface area contributed by atoms with Crippen molar-refractivity contribution in [3.63, 3.8) is 0 Å². The van der Waals surface area contributed by atoms with Crippen LogP contribution < -0.4 is 0 Å². The fourth-order valence-electron chi connectivity index (χ4n) is 1.81. The molecule has 0 N–H and O–H groups in total. The molecule has 21 heavy (non-hydrogen) atoms. The number of pyridine rings is 1. The minimum atomic E-state index is -0.478. The Morgan fingerprint density at radius 1 is 1.33 bits per heavy atom. The predicted octanol–water partition coefficient (Wildman–Crippen LogP) is 1.03. The normalized spacial score (nSPS) is 10.6. The fraction of sp³-hybridized carbons (Fsp3) is 0.429. The number of hydrogen-bond donors (Lipinski definition) is 0. The molecule has 0 saturated heterocycles. The highest BCUT2D eigenvalue weighted by Crippen LogP contribution is 2.07. The highest BCUT2D eigenvalue weighted by molar-refractivity contribution is 5.88. The fourth-order valence-corrected chi connectivity index (χ4v) is 1.81. The van der Waals surface area contributed by atoms with Crippen molar-refractivity contribution in [2.75, 3.05) is 20.3 Å². The number of aromatic nitrogens is 4. The van der Waals surface area contributed by atoms with Crippen LogP contribution in [-0.4, -0.2) is 46.3 Å². The summed E-state index contributed by atoms with van der Waals surface area (Å²) < 4.78 is 11.5. The molecule has 0 saturated carbocycles. The lowest BCUT2D eigenvalue weighted by molar-refractivity contribution is 0.0380. The molecular weight excluding hydrogens is 272 g/mol. The Bertz CT molecular complexity index is 583. The molecule has 7 heteroatoms. The van der Waals surface area contributed by atoms with E-state index in [1.807, 2.05) is 18.2 Å². The van der Waals surface area contributed by atoms with Crippen LogP contribution in [-0.2, 0) is 22.4 Å². The number of carbonyl (C=O) groups excluding carboxylic acids is 1. The van der Waals surface area contributed by atoms with Crippen molar-refractivity contribution >= 4 is 5.97 Å². The molecule has 0 aromatic carbocycles. The minimum Gasteiger partial charge on any atom is -0.458 e. The van der Waals surface area contributed by atoms with Crippen molar-refractivity contribution in [2.24, 2.45) is 0 Å². The minimum absolute atomic E-state index is 0.204. The van der Waals surface area contributed by atoms with E-state index in [-0.39, 0.29) is 12.3 Å². The largest absolute Gasteiger partial charge is 0.458 e. The van der Waals surface area contributed by atoms with E-state index in [0.29, 0.717) is 18.8 Å². The quantitative estimate of drug-likeness (QED) is 0.559. The summed E-state index contributed by atoms with van der Waals surface area (Å²) in [5.41, 5.74) is 1.90. The molecular formula is C14H18N4O3. The molecule has 2 aromatic heterocycles. The molecule has 0 amide bonds. The average molecular weight is 290 g/mol. The van der Waals surface area contributed by atoms with Crippen LogP contribution in [0.4, 0.5) is 0 Å². The molecule has 0 atom stereocenters. The summed E-state index contributed by atoms with van der Waals surface area (Å²) in [7, 11) is 1.55. The average Bonchev–Trinajstić information content (AvgIpc) is 2.87. The van der Waals surface area contributed by atoms with E-state index in [0.717, 1.165) is 12.1 Å². The molecule has 7 nitrogen and oxygen atoms in total. The van der Waals surface area contributed by atoms with Gasteiger partial charge in [0.05, 0.1) is 12.3 Å². The number of ether oxygens (including phenoxy) is 2. The number of hydrogen-bond acceptors (Lipinski definition) is 6.